The number of esters is 1. The molecular formula is C9H8ClN3O2. The molecule has 0 saturated heterocycles. The molecule has 0 spiro atoms. The smallest absolute Gasteiger partial charge is 0.356 e. The summed E-state index contributed by atoms with van der Waals surface area (Å²) in [5, 5.41) is 4.40. The van der Waals surface area contributed by atoms with E-state index in [-0.39, 0.29) is 0 Å². The van der Waals surface area contributed by atoms with Crippen molar-refractivity contribution in [2.45, 2.75) is 6.92 Å². The Hall–Kier alpha value is -1.62. The summed E-state index contributed by atoms with van der Waals surface area (Å²) >= 11 is 5.90. The molecule has 0 radical (unpaired) electrons. The Kier molecular flexibility index (Phi) is 2.32. The Balaban J connectivity index is 2.74. The fraction of sp³-hybridized carbons (Fsp3) is 0.222. The van der Waals surface area contributed by atoms with Crippen molar-refractivity contribution in [3.63, 3.8) is 0 Å². The maximum Gasteiger partial charge on any atom is 0.356 e. The Labute approximate surface area is 90.6 Å². The first-order chi connectivity index (χ1) is 7.13. The topological polar surface area (TPSA) is 56.5 Å². The number of hydrogen-bond acceptors (Lipinski definition) is 4. The summed E-state index contributed by atoms with van der Waals surface area (Å²) in [6.45, 7) is 1.70. The third kappa shape index (κ3) is 1.55. The number of aryl methyl sites for hydroxylation is 1. The van der Waals surface area contributed by atoms with Gasteiger partial charge in [-0.25, -0.2) is 14.3 Å². The van der Waals surface area contributed by atoms with E-state index in [4.69, 9.17) is 11.6 Å². The molecule has 78 valence electrons. The molecule has 0 unspecified atom stereocenters. The summed E-state index contributed by atoms with van der Waals surface area (Å²) in [4.78, 5) is 15.3. The van der Waals surface area contributed by atoms with Gasteiger partial charge in [-0.15, -0.1) is 0 Å². The maximum atomic E-state index is 11.4. The predicted molar refractivity (Wildman–Crippen MR) is 54.1 cm³/mol. The van der Waals surface area contributed by atoms with Crippen LogP contribution in [-0.2, 0) is 4.74 Å². The fourth-order valence-corrected chi connectivity index (χ4v) is 1.58. The van der Waals surface area contributed by atoms with E-state index in [1.807, 2.05) is 0 Å². The van der Waals surface area contributed by atoms with Crippen molar-refractivity contribution in [3.05, 3.63) is 28.8 Å². The van der Waals surface area contributed by atoms with E-state index < -0.39 is 5.97 Å². The molecule has 2 heterocycles. The molecule has 0 bridgehead atoms. The van der Waals surface area contributed by atoms with Crippen molar-refractivity contribution in [2.24, 2.45) is 0 Å². The van der Waals surface area contributed by atoms with Gasteiger partial charge in [0, 0.05) is 0 Å². The lowest BCUT2D eigenvalue weighted by atomic mass is 10.4. The zero-order valence-corrected chi connectivity index (χ0v) is 8.95. The van der Waals surface area contributed by atoms with Crippen molar-refractivity contribution in [3.8, 4) is 0 Å². The molecule has 5 nitrogen and oxygen atoms in total. The highest BCUT2D eigenvalue weighted by molar-refractivity contribution is 6.32. The van der Waals surface area contributed by atoms with Crippen LogP contribution in [0.15, 0.2) is 12.1 Å². The van der Waals surface area contributed by atoms with E-state index in [2.05, 4.69) is 14.8 Å². The Morgan fingerprint density at radius 3 is 2.93 bits per heavy atom. The lowest BCUT2D eigenvalue weighted by Gasteiger charge is -2.01. The van der Waals surface area contributed by atoms with Gasteiger partial charge in [0.05, 0.1) is 7.11 Å². The highest BCUT2D eigenvalue weighted by Crippen LogP contribution is 2.17. The van der Waals surface area contributed by atoms with Crippen molar-refractivity contribution in [1.82, 2.24) is 14.6 Å². The van der Waals surface area contributed by atoms with Crippen LogP contribution in [0.1, 0.15) is 16.3 Å². The van der Waals surface area contributed by atoms with E-state index in [0.717, 1.165) is 0 Å². The molecule has 15 heavy (non-hydrogen) atoms. The van der Waals surface area contributed by atoms with Crippen molar-refractivity contribution in [2.75, 3.05) is 7.11 Å². The van der Waals surface area contributed by atoms with Gasteiger partial charge < -0.3 is 4.74 Å². The normalized spacial score (nSPS) is 10.6. The largest absolute Gasteiger partial charge is 0.464 e. The van der Waals surface area contributed by atoms with Gasteiger partial charge in [-0.1, -0.05) is 11.6 Å². The SMILES string of the molecule is COC(=O)c1ccc2c(Cl)nc(C)nn12. The number of nitrogens with zero attached hydrogens (tertiary/aromatic N) is 3. The first-order valence-corrected chi connectivity index (χ1v) is 4.61. The van der Waals surface area contributed by atoms with Gasteiger partial charge in [0.25, 0.3) is 0 Å². The van der Waals surface area contributed by atoms with E-state index in [9.17, 15) is 4.79 Å². The first-order valence-electron chi connectivity index (χ1n) is 4.23. The third-order valence-corrected chi connectivity index (χ3v) is 2.24. The number of halogens is 1. The number of carbonyl (C=O) groups excluding carboxylic acids is 1. The zero-order chi connectivity index (χ0) is 11.0. The first kappa shape index (κ1) is 9.92. The molecule has 0 saturated carbocycles. The highest BCUT2D eigenvalue weighted by atomic mass is 35.5. The molecule has 0 aromatic carbocycles. The van der Waals surface area contributed by atoms with Crippen molar-refractivity contribution >= 4 is 23.1 Å². The average Bonchev–Trinajstić information content (AvgIpc) is 2.60. The molecule has 0 atom stereocenters. The lowest BCUT2D eigenvalue weighted by molar-refractivity contribution is 0.0591. The number of ether oxygens (including phenoxy) is 1. The van der Waals surface area contributed by atoms with Gasteiger partial charge >= 0.3 is 5.97 Å². The Bertz CT molecular complexity index is 535. The molecule has 0 N–H and O–H groups in total. The van der Waals surface area contributed by atoms with Gasteiger partial charge in [0.15, 0.2) is 10.8 Å². The molecule has 6 heteroatoms. The average molecular weight is 226 g/mol. The summed E-state index contributed by atoms with van der Waals surface area (Å²) in [5.74, 6) is 0.0398. The standard InChI is InChI=1S/C9H8ClN3O2/c1-5-11-8(10)6-3-4-7(9(14)15-2)13(6)12-5/h3-4H,1-2H3. The van der Waals surface area contributed by atoms with Gasteiger partial charge in [0.1, 0.15) is 11.3 Å². The van der Waals surface area contributed by atoms with Gasteiger partial charge in [-0.2, -0.15) is 5.10 Å². The second-order valence-corrected chi connectivity index (χ2v) is 3.32. The summed E-state index contributed by atoms with van der Waals surface area (Å²) in [6, 6.07) is 3.27. The number of hydrogen-bond donors (Lipinski definition) is 0. The number of rotatable bonds is 1. The molecule has 0 aliphatic heterocycles. The van der Waals surface area contributed by atoms with Crippen LogP contribution in [0.25, 0.3) is 5.52 Å². The molecule has 0 amide bonds. The van der Waals surface area contributed by atoms with Crippen LogP contribution in [0.2, 0.25) is 5.15 Å². The molecule has 0 aliphatic carbocycles. The van der Waals surface area contributed by atoms with Crippen molar-refractivity contribution in [1.29, 1.82) is 0 Å². The van der Waals surface area contributed by atoms with Crippen LogP contribution in [0, 0.1) is 6.92 Å². The van der Waals surface area contributed by atoms with Crippen LogP contribution in [0.5, 0.6) is 0 Å². The van der Waals surface area contributed by atoms with Crippen LogP contribution in [0.4, 0.5) is 0 Å². The molecule has 0 fully saturated rings. The van der Waals surface area contributed by atoms with Crippen LogP contribution >= 0.6 is 11.6 Å². The summed E-state index contributed by atoms with van der Waals surface area (Å²) in [6.07, 6.45) is 0. The number of carbonyl (C=O) groups is 1. The molecule has 0 aliphatic rings. The van der Waals surface area contributed by atoms with Gasteiger partial charge in [0.2, 0.25) is 0 Å². The fourth-order valence-electron chi connectivity index (χ4n) is 1.32. The molecule has 2 rings (SSSR count). The molecule has 2 aromatic heterocycles. The maximum absolute atomic E-state index is 11.4. The number of aromatic nitrogens is 3. The second-order valence-electron chi connectivity index (χ2n) is 2.96. The van der Waals surface area contributed by atoms with Crippen LogP contribution in [-0.4, -0.2) is 27.7 Å². The zero-order valence-electron chi connectivity index (χ0n) is 8.19. The summed E-state index contributed by atoms with van der Waals surface area (Å²) < 4.78 is 6.05. The molecule has 2 aromatic rings. The molecular weight excluding hydrogens is 218 g/mol. The van der Waals surface area contributed by atoms with Gasteiger partial charge in [-0.3, -0.25) is 0 Å². The second kappa shape index (κ2) is 3.51. The monoisotopic (exact) mass is 225 g/mol. The van der Waals surface area contributed by atoms with E-state index in [1.54, 1.807) is 19.1 Å². The minimum Gasteiger partial charge on any atom is -0.464 e. The Morgan fingerprint density at radius 1 is 1.53 bits per heavy atom. The van der Waals surface area contributed by atoms with Crippen molar-refractivity contribution < 1.29 is 9.53 Å². The van der Waals surface area contributed by atoms with Gasteiger partial charge in [-0.05, 0) is 19.1 Å². The lowest BCUT2D eigenvalue weighted by Crippen LogP contribution is -2.09. The van der Waals surface area contributed by atoms with Crippen LogP contribution in [0.3, 0.4) is 0 Å². The Morgan fingerprint density at radius 2 is 2.27 bits per heavy atom. The minimum absolute atomic E-state index is 0.317. The van der Waals surface area contributed by atoms with E-state index in [1.165, 1.54) is 11.6 Å². The number of methoxy groups -OCH3 is 1. The predicted octanol–water partition coefficient (Wildman–Crippen LogP) is 1.48. The van der Waals surface area contributed by atoms with E-state index in [0.29, 0.717) is 22.2 Å². The number of fused-ring (bicyclic) bond motifs is 1. The quantitative estimate of drug-likeness (QED) is 0.690. The van der Waals surface area contributed by atoms with E-state index >= 15 is 0 Å². The highest BCUT2D eigenvalue weighted by Gasteiger charge is 2.14. The summed E-state index contributed by atoms with van der Waals surface area (Å²) in [7, 11) is 1.32. The van der Waals surface area contributed by atoms with Crippen LogP contribution < -0.4 is 0 Å². The summed E-state index contributed by atoms with van der Waals surface area (Å²) in [5.41, 5.74) is 0.919. The minimum atomic E-state index is -0.454. The third-order valence-electron chi connectivity index (χ3n) is 1.97.